The van der Waals surface area contributed by atoms with Crippen molar-refractivity contribution in [2.24, 2.45) is 5.16 Å². The van der Waals surface area contributed by atoms with E-state index in [9.17, 15) is 0 Å². The van der Waals surface area contributed by atoms with Crippen LogP contribution in [0.3, 0.4) is 0 Å². The number of oxime groups is 1. The zero-order valence-corrected chi connectivity index (χ0v) is 10.1. The minimum Gasteiger partial charge on any atom is -0.409 e. The standard InChI is InChI=1S/C11H9N7O2/c12-10-9(15-20-16-10)11(14-19)18-6-8(13-17-18)7-4-2-1-3-5-7/h1-6,19H,(H2,12,16). The molecule has 0 saturated heterocycles. The van der Waals surface area contributed by atoms with Crippen molar-refractivity contribution in [3.05, 3.63) is 42.2 Å². The third-order valence-corrected chi connectivity index (χ3v) is 2.60. The molecule has 0 aliphatic rings. The molecule has 3 aromatic rings. The molecule has 0 radical (unpaired) electrons. The van der Waals surface area contributed by atoms with Crippen molar-refractivity contribution >= 4 is 11.7 Å². The van der Waals surface area contributed by atoms with E-state index in [-0.39, 0.29) is 17.3 Å². The van der Waals surface area contributed by atoms with Crippen molar-refractivity contribution in [1.82, 2.24) is 25.3 Å². The van der Waals surface area contributed by atoms with Gasteiger partial charge in [0, 0.05) is 5.56 Å². The number of anilines is 1. The monoisotopic (exact) mass is 271 g/mol. The average Bonchev–Trinajstić information content (AvgIpc) is 3.12. The molecule has 0 spiro atoms. The van der Waals surface area contributed by atoms with Crippen LogP contribution in [0.25, 0.3) is 11.3 Å². The lowest BCUT2D eigenvalue weighted by atomic mass is 10.2. The largest absolute Gasteiger partial charge is 0.409 e. The first-order valence-electron chi connectivity index (χ1n) is 5.58. The topological polar surface area (TPSA) is 128 Å². The first-order chi connectivity index (χ1) is 9.79. The SMILES string of the molecule is Nc1nonc1C(=NO)n1cc(-c2ccccc2)nn1. The van der Waals surface area contributed by atoms with Gasteiger partial charge in [0.05, 0.1) is 6.20 Å². The smallest absolute Gasteiger partial charge is 0.227 e. The van der Waals surface area contributed by atoms with Crippen LogP contribution in [0.15, 0.2) is 46.3 Å². The molecule has 9 heteroatoms. The van der Waals surface area contributed by atoms with E-state index >= 15 is 0 Å². The van der Waals surface area contributed by atoms with E-state index in [4.69, 9.17) is 10.9 Å². The molecule has 0 aliphatic carbocycles. The minimum atomic E-state index is -0.0292. The Morgan fingerprint density at radius 3 is 2.70 bits per heavy atom. The Morgan fingerprint density at radius 1 is 1.25 bits per heavy atom. The number of rotatable bonds is 2. The van der Waals surface area contributed by atoms with Gasteiger partial charge in [0.2, 0.25) is 5.84 Å². The maximum Gasteiger partial charge on any atom is 0.227 e. The van der Waals surface area contributed by atoms with Gasteiger partial charge in [-0.25, -0.2) is 4.63 Å². The molecule has 9 nitrogen and oxygen atoms in total. The molecule has 0 amide bonds. The van der Waals surface area contributed by atoms with Crippen LogP contribution in [0.5, 0.6) is 0 Å². The van der Waals surface area contributed by atoms with Gasteiger partial charge >= 0.3 is 0 Å². The van der Waals surface area contributed by atoms with Gasteiger partial charge in [-0.15, -0.1) is 5.10 Å². The quantitative estimate of drug-likeness (QED) is 0.302. The molecule has 2 heterocycles. The number of nitrogens with zero attached hydrogens (tertiary/aromatic N) is 6. The third kappa shape index (κ3) is 1.96. The highest BCUT2D eigenvalue weighted by atomic mass is 16.6. The first-order valence-corrected chi connectivity index (χ1v) is 5.58. The van der Waals surface area contributed by atoms with Crippen LogP contribution in [-0.2, 0) is 0 Å². The summed E-state index contributed by atoms with van der Waals surface area (Å²) >= 11 is 0. The van der Waals surface area contributed by atoms with Gasteiger partial charge in [0.15, 0.2) is 11.5 Å². The van der Waals surface area contributed by atoms with Crippen LogP contribution >= 0.6 is 0 Å². The third-order valence-electron chi connectivity index (χ3n) is 2.60. The van der Waals surface area contributed by atoms with Crippen molar-refractivity contribution in [3.8, 4) is 11.3 Å². The Morgan fingerprint density at radius 2 is 2.05 bits per heavy atom. The molecule has 1 aromatic carbocycles. The lowest BCUT2D eigenvalue weighted by Crippen LogP contribution is -2.16. The predicted octanol–water partition coefficient (Wildman–Crippen LogP) is 0.594. The summed E-state index contributed by atoms with van der Waals surface area (Å²) in [5.74, 6) is -0.0343. The van der Waals surface area contributed by atoms with Crippen molar-refractivity contribution < 1.29 is 9.84 Å². The zero-order chi connectivity index (χ0) is 13.9. The lowest BCUT2D eigenvalue weighted by molar-refractivity contribution is 0.304. The summed E-state index contributed by atoms with van der Waals surface area (Å²) in [6.07, 6.45) is 1.58. The average molecular weight is 271 g/mol. The van der Waals surface area contributed by atoms with Gasteiger partial charge in [-0.05, 0) is 10.3 Å². The molecule has 0 bridgehead atoms. The minimum absolute atomic E-state index is 0.00504. The molecule has 3 rings (SSSR count). The van der Waals surface area contributed by atoms with Crippen LogP contribution in [0, 0.1) is 0 Å². The van der Waals surface area contributed by atoms with Crippen LogP contribution in [0.1, 0.15) is 5.69 Å². The van der Waals surface area contributed by atoms with E-state index in [1.54, 1.807) is 6.20 Å². The summed E-state index contributed by atoms with van der Waals surface area (Å²) in [5.41, 5.74) is 7.12. The molecular formula is C11H9N7O2. The van der Waals surface area contributed by atoms with Gasteiger partial charge in [-0.1, -0.05) is 40.7 Å². The Hall–Kier alpha value is -3.23. The molecule has 0 unspecified atom stereocenters. The molecule has 0 aliphatic heterocycles. The second kappa shape index (κ2) is 4.80. The number of hydrogen-bond donors (Lipinski definition) is 2. The Labute approximate surface area is 112 Å². The van der Waals surface area contributed by atoms with Crippen molar-refractivity contribution in [1.29, 1.82) is 0 Å². The molecule has 2 aromatic heterocycles. The molecule has 3 N–H and O–H groups in total. The van der Waals surface area contributed by atoms with Crippen LogP contribution in [0.4, 0.5) is 5.82 Å². The fraction of sp³-hybridized carbons (Fsp3) is 0. The number of hydrogen-bond acceptors (Lipinski definition) is 8. The molecular weight excluding hydrogens is 262 g/mol. The highest BCUT2D eigenvalue weighted by Gasteiger charge is 2.18. The summed E-state index contributed by atoms with van der Waals surface area (Å²) in [7, 11) is 0. The first kappa shape index (κ1) is 11.8. The number of aromatic nitrogens is 5. The molecule has 100 valence electrons. The van der Waals surface area contributed by atoms with E-state index in [0.29, 0.717) is 5.69 Å². The van der Waals surface area contributed by atoms with Gasteiger partial charge < -0.3 is 10.9 Å². The Balaban J connectivity index is 2.00. The fourth-order valence-electron chi connectivity index (χ4n) is 1.66. The summed E-state index contributed by atoms with van der Waals surface area (Å²) in [6.45, 7) is 0. The molecule has 0 atom stereocenters. The highest BCUT2D eigenvalue weighted by Crippen LogP contribution is 2.16. The second-order valence-corrected chi connectivity index (χ2v) is 3.84. The van der Waals surface area contributed by atoms with Gasteiger partial charge in [-0.3, -0.25) is 0 Å². The van der Waals surface area contributed by atoms with Crippen molar-refractivity contribution in [2.75, 3.05) is 5.73 Å². The fourth-order valence-corrected chi connectivity index (χ4v) is 1.66. The number of nitrogen functional groups attached to an aromatic ring is 1. The Bertz CT molecular complexity index is 747. The summed E-state index contributed by atoms with van der Waals surface area (Å²) in [6, 6.07) is 9.44. The van der Waals surface area contributed by atoms with Gasteiger partial charge in [-0.2, -0.15) is 4.68 Å². The number of benzene rings is 1. The van der Waals surface area contributed by atoms with E-state index in [0.717, 1.165) is 5.56 Å². The lowest BCUT2D eigenvalue weighted by Gasteiger charge is -1.98. The normalized spacial score (nSPS) is 11.7. The van der Waals surface area contributed by atoms with E-state index in [1.807, 2.05) is 30.3 Å². The van der Waals surface area contributed by atoms with Crippen LogP contribution in [0.2, 0.25) is 0 Å². The summed E-state index contributed by atoms with van der Waals surface area (Å²) < 4.78 is 5.70. The van der Waals surface area contributed by atoms with Gasteiger partial charge in [0.25, 0.3) is 0 Å². The maximum atomic E-state index is 9.09. The van der Waals surface area contributed by atoms with Crippen LogP contribution < -0.4 is 5.73 Å². The van der Waals surface area contributed by atoms with E-state index in [1.165, 1.54) is 4.68 Å². The molecule has 20 heavy (non-hydrogen) atoms. The second-order valence-electron chi connectivity index (χ2n) is 3.84. The molecule has 0 fully saturated rings. The summed E-state index contributed by atoms with van der Waals surface area (Å²) in [4.78, 5) is 0. The highest BCUT2D eigenvalue weighted by molar-refractivity contribution is 6.01. The number of nitrogens with two attached hydrogens (primary N) is 1. The predicted molar refractivity (Wildman–Crippen MR) is 67.9 cm³/mol. The van der Waals surface area contributed by atoms with Crippen LogP contribution in [-0.4, -0.2) is 36.4 Å². The van der Waals surface area contributed by atoms with Gasteiger partial charge in [0.1, 0.15) is 5.69 Å². The maximum absolute atomic E-state index is 9.09. The zero-order valence-electron chi connectivity index (χ0n) is 10.1. The Kier molecular flexibility index (Phi) is 2.84. The van der Waals surface area contributed by atoms with Crippen molar-refractivity contribution in [2.45, 2.75) is 0 Å². The molecule has 0 saturated carbocycles. The van der Waals surface area contributed by atoms with Crippen molar-refractivity contribution in [3.63, 3.8) is 0 Å². The van der Waals surface area contributed by atoms with E-state index in [2.05, 4.69) is 30.4 Å². The van der Waals surface area contributed by atoms with E-state index < -0.39 is 0 Å². The summed E-state index contributed by atoms with van der Waals surface area (Å²) in [5, 5.41) is 27.0.